The molecule has 0 amide bonds. The van der Waals surface area contributed by atoms with Crippen LogP contribution in [0.25, 0.3) is 0 Å². The minimum Gasteiger partial charge on any atom is -0.310 e. The van der Waals surface area contributed by atoms with Gasteiger partial charge in [-0.3, -0.25) is 0 Å². The van der Waals surface area contributed by atoms with E-state index in [2.05, 4.69) is 43.4 Å². The quantitative estimate of drug-likeness (QED) is 0.790. The molecule has 1 atom stereocenters. The Morgan fingerprint density at radius 2 is 2.19 bits per heavy atom. The first-order chi connectivity index (χ1) is 7.81. The van der Waals surface area contributed by atoms with E-state index >= 15 is 0 Å². The first-order valence-electron chi connectivity index (χ1n) is 6.61. The molecule has 0 bridgehead atoms. The summed E-state index contributed by atoms with van der Waals surface area (Å²) in [7, 11) is 0. The van der Waals surface area contributed by atoms with Gasteiger partial charge in [-0.2, -0.15) is 0 Å². The average molecular weight is 217 g/mol. The van der Waals surface area contributed by atoms with E-state index in [9.17, 15) is 0 Å². The summed E-state index contributed by atoms with van der Waals surface area (Å²) in [6, 6.07) is 9.57. The molecule has 2 rings (SSSR count). The highest BCUT2D eigenvalue weighted by Gasteiger charge is 2.27. The van der Waals surface area contributed by atoms with Gasteiger partial charge in [0.2, 0.25) is 0 Å². The average Bonchev–Trinajstić information content (AvgIpc) is 2.21. The predicted molar refractivity (Wildman–Crippen MR) is 69.6 cm³/mol. The molecule has 0 radical (unpaired) electrons. The topological polar surface area (TPSA) is 12.0 Å². The van der Waals surface area contributed by atoms with Crippen molar-refractivity contribution in [2.45, 2.75) is 45.6 Å². The van der Waals surface area contributed by atoms with Crippen LogP contribution in [0.5, 0.6) is 0 Å². The molecule has 1 aromatic carbocycles. The van der Waals surface area contributed by atoms with Gasteiger partial charge < -0.3 is 5.32 Å². The fourth-order valence-electron chi connectivity index (χ4n) is 2.49. The summed E-state index contributed by atoms with van der Waals surface area (Å²) in [5.74, 6) is 0.869. The van der Waals surface area contributed by atoms with Crippen LogP contribution in [0.3, 0.4) is 0 Å². The number of hydrogen-bond donors (Lipinski definition) is 1. The SMILES string of the molecule is CCCNC(c1cccc(C)c1)C1CCC1. The molecular formula is C15H23N. The van der Waals surface area contributed by atoms with Gasteiger partial charge in [0.15, 0.2) is 0 Å². The van der Waals surface area contributed by atoms with E-state index < -0.39 is 0 Å². The van der Waals surface area contributed by atoms with Crippen LogP contribution in [-0.4, -0.2) is 6.54 Å². The van der Waals surface area contributed by atoms with Crippen molar-refractivity contribution in [2.75, 3.05) is 6.54 Å². The number of rotatable bonds is 5. The van der Waals surface area contributed by atoms with Crippen LogP contribution in [0.15, 0.2) is 24.3 Å². The Morgan fingerprint density at radius 1 is 1.38 bits per heavy atom. The van der Waals surface area contributed by atoms with Crippen LogP contribution < -0.4 is 5.32 Å². The van der Waals surface area contributed by atoms with Crippen LogP contribution in [0.2, 0.25) is 0 Å². The lowest BCUT2D eigenvalue weighted by Crippen LogP contribution is -2.32. The van der Waals surface area contributed by atoms with Crippen molar-refractivity contribution >= 4 is 0 Å². The Hall–Kier alpha value is -0.820. The molecule has 0 aliphatic heterocycles. The highest BCUT2D eigenvalue weighted by atomic mass is 14.9. The molecule has 1 unspecified atom stereocenters. The third kappa shape index (κ3) is 2.65. The van der Waals surface area contributed by atoms with E-state index in [1.165, 1.54) is 36.8 Å². The monoisotopic (exact) mass is 217 g/mol. The standard InChI is InChI=1S/C15H23N/c1-3-10-16-15(13-7-5-8-13)14-9-4-6-12(2)11-14/h4,6,9,11,13,15-16H,3,5,7-8,10H2,1-2H3. The van der Waals surface area contributed by atoms with Gasteiger partial charge in [-0.05, 0) is 44.2 Å². The van der Waals surface area contributed by atoms with Crippen molar-refractivity contribution in [3.05, 3.63) is 35.4 Å². The molecule has 1 aliphatic carbocycles. The molecule has 1 aromatic rings. The lowest BCUT2D eigenvalue weighted by molar-refractivity contribution is 0.231. The minimum atomic E-state index is 0.591. The molecule has 1 N–H and O–H groups in total. The summed E-state index contributed by atoms with van der Waals surface area (Å²) in [4.78, 5) is 0. The van der Waals surface area contributed by atoms with Crippen molar-refractivity contribution in [2.24, 2.45) is 5.92 Å². The van der Waals surface area contributed by atoms with Gasteiger partial charge in [0.25, 0.3) is 0 Å². The lowest BCUT2D eigenvalue weighted by atomic mass is 9.77. The molecule has 0 spiro atoms. The first-order valence-corrected chi connectivity index (χ1v) is 6.61. The number of aryl methyl sites for hydroxylation is 1. The molecule has 0 heterocycles. The van der Waals surface area contributed by atoms with Crippen molar-refractivity contribution in [3.8, 4) is 0 Å². The largest absolute Gasteiger partial charge is 0.310 e. The Balaban J connectivity index is 2.10. The third-order valence-corrected chi connectivity index (χ3v) is 3.64. The van der Waals surface area contributed by atoms with Gasteiger partial charge in [0, 0.05) is 6.04 Å². The van der Waals surface area contributed by atoms with Crippen LogP contribution in [-0.2, 0) is 0 Å². The molecular weight excluding hydrogens is 194 g/mol. The first kappa shape index (κ1) is 11.7. The maximum atomic E-state index is 3.71. The summed E-state index contributed by atoms with van der Waals surface area (Å²) in [6.45, 7) is 5.55. The van der Waals surface area contributed by atoms with Crippen LogP contribution >= 0.6 is 0 Å². The highest BCUT2D eigenvalue weighted by molar-refractivity contribution is 5.26. The van der Waals surface area contributed by atoms with Crippen LogP contribution in [0.1, 0.15) is 49.8 Å². The summed E-state index contributed by atoms with van der Waals surface area (Å²) in [5.41, 5.74) is 2.86. The number of hydrogen-bond acceptors (Lipinski definition) is 1. The lowest BCUT2D eigenvalue weighted by Gasteiger charge is -2.35. The Kier molecular flexibility index (Phi) is 4.00. The Labute approximate surface area is 99.3 Å². The van der Waals surface area contributed by atoms with Gasteiger partial charge in [0.1, 0.15) is 0 Å². The normalized spacial score (nSPS) is 18.1. The summed E-state index contributed by atoms with van der Waals surface area (Å²) < 4.78 is 0. The fourth-order valence-corrected chi connectivity index (χ4v) is 2.49. The van der Waals surface area contributed by atoms with Gasteiger partial charge in [-0.25, -0.2) is 0 Å². The molecule has 1 nitrogen and oxygen atoms in total. The molecule has 0 saturated heterocycles. The van der Waals surface area contributed by atoms with E-state index in [4.69, 9.17) is 0 Å². The van der Waals surface area contributed by atoms with E-state index in [1.807, 2.05) is 0 Å². The second kappa shape index (κ2) is 5.49. The summed E-state index contributed by atoms with van der Waals surface area (Å²) in [6.07, 6.45) is 5.43. The summed E-state index contributed by atoms with van der Waals surface area (Å²) >= 11 is 0. The maximum Gasteiger partial charge on any atom is 0.0348 e. The smallest absolute Gasteiger partial charge is 0.0348 e. The van der Waals surface area contributed by atoms with Crippen LogP contribution in [0.4, 0.5) is 0 Å². The number of benzene rings is 1. The number of nitrogens with one attached hydrogen (secondary N) is 1. The zero-order chi connectivity index (χ0) is 11.4. The molecule has 16 heavy (non-hydrogen) atoms. The minimum absolute atomic E-state index is 0.591. The zero-order valence-electron chi connectivity index (χ0n) is 10.5. The van der Waals surface area contributed by atoms with Gasteiger partial charge in [-0.15, -0.1) is 0 Å². The Morgan fingerprint density at radius 3 is 2.75 bits per heavy atom. The molecule has 88 valence electrons. The van der Waals surface area contributed by atoms with Crippen LogP contribution in [0, 0.1) is 12.8 Å². The molecule has 1 aliphatic rings. The molecule has 0 aromatic heterocycles. The van der Waals surface area contributed by atoms with Gasteiger partial charge in [0.05, 0.1) is 0 Å². The molecule has 1 heteroatoms. The van der Waals surface area contributed by atoms with E-state index in [1.54, 1.807) is 0 Å². The van der Waals surface area contributed by atoms with E-state index in [0.717, 1.165) is 12.5 Å². The second-order valence-electron chi connectivity index (χ2n) is 5.04. The second-order valence-corrected chi connectivity index (χ2v) is 5.04. The van der Waals surface area contributed by atoms with Crippen molar-refractivity contribution in [1.29, 1.82) is 0 Å². The van der Waals surface area contributed by atoms with Gasteiger partial charge in [-0.1, -0.05) is 43.2 Å². The van der Waals surface area contributed by atoms with E-state index in [0.29, 0.717) is 6.04 Å². The highest BCUT2D eigenvalue weighted by Crippen LogP contribution is 2.37. The molecule has 1 fully saturated rings. The van der Waals surface area contributed by atoms with Crippen molar-refractivity contribution < 1.29 is 0 Å². The molecule has 1 saturated carbocycles. The van der Waals surface area contributed by atoms with Crippen molar-refractivity contribution in [3.63, 3.8) is 0 Å². The zero-order valence-corrected chi connectivity index (χ0v) is 10.5. The van der Waals surface area contributed by atoms with Gasteiger partial charge >= 0.3 is 0 Å². The van der Waals surface area contributed by atoms with Crippen molar-refractivity contribution in [1.82, 2.24) is 5.32 Å². The predicted octanol–water partition coefficient (Wildman–Crippen LogP) is 3.84. The summed E-state index contributed by atoms with van der Waals surface area (Å²) in [5, 5.41) is 3.71. The Bertz CT molecular complexity index is 328. The maximum absolute atomic E-state index is 3.71. The third-order valence-electron chi connectivity index (χ3n) is 3.64. The van der Waals surface area contributed by atoms with E-state index in [-0.39, 0.29) is 0 Å². The fraction of sp³-hybridized carbons (Fsp3) is 0.600.